The fraction of sp³-hybridized carbons (Fsp3) is 0.167. The van der Waals surface area contributed by atoms with Crippen LogP contribution in [0, 0.1) is 0 Å². The highest BCUT2D eigenvalue weighted by molar-refractivity contribution is 5.96. The van der Waals surface area contributed by atoms with Gasteiger partial charge in [-0.3, -0.25) is 0 Å². The van der Waals surface area contributed by atoms with E-state index in [0.29, 0.717) is 0 Å². The van der Waals surface area contributed by atoms with Crippen LogP contribution < -0.4 is 9.47 Å². The third-order valence-electron chi connectivity index (χ3n) is 11.3. The summed E-state index contributed by atoms with van der Waals surface area (Å²) >= 11 is 0. The minimum atomic E-state index is -0.00375. The molecule has 9 aromatic carbocycles. The van der Waals surface area contributed by atoms with Crippen LogP contribution in [0.5, 0.6) is 23.0 Å². The minimum Gasteiger partial charge on any atom is -0.468 e. The summed E-state index contributed by atoms with van der Waals surface area (Å²) in [6.07, 6.45) is 1.75. The zero-order chi connectivity index (χ0) is 48.3. The molecule has 67 heavy (non-hydrogen) atoms. The molecule has 7 heteroatoms. The van der Waals surface area contributed by atoms with E-state index in [1.807, 2.05) is 33.8 Å². The molecule has 0 aliphatic carbocycles. The number of hydrogen-bond donors (Lipinski definition) is 4. The van der Waals surface area contributed by atoms with E-state index < -0.39 is 0 Å². The summed E-state index contributed by atoms with van der Waals surface area (Å²) < 4.78 is 18.8. The van der Waals surface area contributed by atoms with E-state index in [2.05, 4.69) is 182 Å². The zero-order valence-electron chi connectivity index (χ0n) is 39.6. The van der Waals surface area contributed by atoms with Crippen LogP contribution in [0.3, 0.4) is 0 Å². The third kappa shape index (κ3) is 10.3. The molecule has 10 aromatic rings. The molecule has 0 spiro atoms. The van der Waals surface area contributed by atoms with Gasteiger partial charge in [0.25, 0.3) is 0 Å². The van der Waals surface area contributed by atoms with E-state index >= 15 is 0 Å². The second kappa shape index (κ2) is 25.4. The lowest BCUT2D eigenvalue weighted by Crippen LogP contribution is -2.12. The van der Waals surface area contributed by atoms with Crippen molar-refractivity contribution in [3.8, 4) is 23.0 Å². The van der Waals surface area contributed by atoms with Gasteiger partial charge in [0.2, 0.25) is 0 Å². The lowest BCUT2D eigenvalue weighted by atomic mass is 9.78. The van der Waals surface area contributed by atoms with Crippen molar-refractivity contribution >= 4 is 43.1 Å². The highest BCUT2D eigenvalue weighted by Crippen LogP contribution is 2.53. The molecule has 0 unspecified atom stereocenters. The highest BCUT2D eigenvalue weighted by atomic mass is 16.5. The summed E-state index contributed by atoms with van der Waals surface area (Å²) in [6.45, 7) is 8.00. The first-order valence-electron chi connectivity index (χ1n) is 22.6. The molecule has 12 rings (SSSR count). The topological polar surface area (TPSA) is 113 Å². The number of furan rings is 1. The Morgan fingerprint density at radius 3 is 0.910 bits per heavy atom. The molecular formula is C60H62O7. The van der Waals surface area contributed by atoms with Gasteiger partial charge in [0.05, 0.1) is 12.2 Å². The highest BCUT2D eigenvalue weighted by Gasteiger charge is 2.34. The van der Waals surface area contributed by atoms with Crippen molar-refractivity contribution in [2.75, 3.05) is 28.4 Å². The molecule has 0 bridgehead atoms. The molecule has 0 fully saturated rings. The number of benzene rings is 9. The lowest BCUT2D eigenvalue weighted by molar-refractivity contribution is 0.399. The van der Waals surface area contributed by atoms with E-state index in [0.717, 1.165) is 57.2 Å². The summed E-state index contributed by atoms with van der Waals surface area (Å²) in [5, 5.41) is 37.8. The number of aliphatic hydroxyl groups is 4. The maximum absolute atomic E-state index is 7.00. The lowest BCUT2D eigenvalue weighted by Gasteiger charge is -2.31. The maximum Gasteiger partial charge on any atom is 0.132 e. The van der Waals surface area contributed by atoms with Gasteiger partial charge in [-0.1, -0.05) is 179 Å². The zero-order valence-corrected chi connectivity index (χ0v) is 39.6. The van der Waals surface area contributed by atoms with Crippen molar-refractivity contribution in [1.29, 1.82) is 0 Å². The standard InChI is InChI=1S/C27H18O.C25H16O2.2C2H6.4CH4O/c1-2-10-20(11-3-1)25-26-21-12-6-4-8-18(21)14-16-23(26)28-24-17-15-19-9-5-7-13-22(19)27(24)25;1-3-8-18-16(6-1)11-13-21-23(18)25(20-10-5-15-26-20)24-19-9-4-2-7-17(19)12-14-22(24)27-21;6*1-2/h1-17,25H;1-15,25H;2*1-2H3;4*2H,1H3. The Bertz CT molecular complexity index is 2900. The van der Waals surface area contributed by atoms with E-state index in [1.165, 1.54) is 70.9 Å². The first-order valence-corrected chi connectivity index (χ1v) is 22.6. The van der Waals surface area contributed by atoms with E-state index in [9.17, 15) is 0 Å². The fourth-order valence-electron chi connectivity index (χ4n) is 8.89. The van der Waals surface area contributed by atoms with Crippen LogP contribution in [0.25, 0.3) is 43.1 Å². The summed E-state index contributed by atoms with van der Waals surface area (Å²) in [7, 11) is 4.00. The van der Waals surface area contributed by atoms with E-state index in [1.54, 1.807) is 6.26 Å². The molecule has 7 nitrogen and oxygen atoms in total. The Labute approximate surface area is 394 Å². The van der Waals surface area contributed by atoms with Gasteiger partial charge < -0.3 is 34.3 Å². The summed E-state index contributed by atoms with van der Waals surface area (Å²) in [5.74, 6) is 4.78. The summed E-state index contributed by atoms with van der Waals surface area (Å²) in [6, 6.07) is 65.9. The summed E-state index contributed by atoms with van der Waals surface area (Å²) in [5.41, 5.74) is 6.15. The van der Waals surface area contributed by atoms with Gasteiger partial charge in [0, 0.05) is 56.6 Å². The smallest absolute Gasteiger partial charge is 0.132 e. The van der Waals surface area contributed by atoms with Gasteiger partial charge in [-0.25, -0.2) is 0 Å². The van der Waals surface area contributed by atoms with Crippen molar-refractivity contribution in [3.05, 3.63) is 228 Å². The minimum absolute atomic E-state index is 0.00375. The predicted molar refractivity (Wildman–Crippen MR) is 278 cm³/mol. The number of aliphatic hydroxyl groups excluding tert-OH is 4. The van der Waals surface area contributed by atoms with Crippen LogP contribution in [0.15, 0.2) is 199 Å². The number of fused-ring (bicyclic) bond motifs is 12. The monoisotopic (exact) mass is 894 g/mol. The molecule has 2 aliphatic rings. The molecule has 0 saturated carbocycles. The second-order valence-corrected chi connectivity index (χ2v) is 14.3. The van der Waals surface area contributed by atoms with Crippen LogP contribution in [0.1, 0.15) is 73.1 Å². The van der Waals surface area contributed by atoms with Crippen molar-refractivity contribution < 1.29 is 34.3 Å². The SMILES string of the molecule is CC.CC.CO.CO.CO.CO.c1ccc(C2c3c(ccc4ccccc34)Oc3ccc4ccccc4c32)cc1.c1coc(C2c3c(ccc4ccccc34)Oc3ccc4ccccc4c32)c1. The second-order valence-electron chi connectivity index (χ2n) is 14.3. The Morgan fingerprint density at radius 1 is 0.299 bits per heavy atom. The average Bonchev–Trinajstić information content (AvgIpc) is 3.98. The van der Waals surface area contributed by atoms with Crippen LogP contribution in [0.2, 0.25) is 0 Å². The van der Waals surface area contributed by atoms with Crippen molar-refractivity contribution in [2.24, 2.45) is 0 Å². The van der Waals surface area contributed by atoms with Crippen molar-refractivity contribution in [2.45, 2.75) is 39.5 Å². The Balaban J connectivity index is 0.000000206. The number of ether oxygens (including phenoxy) is 2. The Hall–Kier alpha value is -7.26. The number of hydrogen-bond acceptors (Lipinski definition) is 7. The molecule has 1 aromatic heterocycles. The number of rotatable bonds is 2. The summed E-state index contributed by atoms with van der Waals surface area (Å²) in [4.78, 5) is 0. The Morgan fingerprint density at radius 2 is 0.597 bits per heavy atom. The van der Waals surface area contributed by atoms with E-state index in [4.69, 9.17) is 34.3 Å². The third-order valence-corrected chi connectivity index (χ3v) is 11.3. The maximum atomic E-state index is 7.00. The largest absolute Gasteiger partial charge is 0.468 e. The van der Waals surface area contributed by atoms with Gasteiger partial charge >= 0.3 is 0 Å². The molecule has 344 valence electrons. The molecule has 0 atom stereocenters. The average molecular weight is 895 g/mol. The molecule has 4 N–H and O–H groups in total. The van der Waals surface area contributed by atoms with Crippen molar-refractivity contribution in [1.82, 2.24) is 0 Å². The van der Waals surface area contributed by atoms with Gasteiger partial charge in [-0.05, 0) is 85.1 Å². The molecule has 0 amide bonds. The first kappa shape index (κ1) is 50.7. The normalized spacial score (nSPS) is 11.4. The molecular weight excluding hydrogens is 833 g/mol. The van der Waals surface area contributed by atoms with Gasteiger partial charge in [-0.2, -0.15) is 0 Å². The first-order chi connectivity index (χ1) is 33.3. The van der Waals surface area contributed by atoms with Gasteiger partial charge in [0.1, 0.15) is 28.8 Å². The Kier molecular flexibility index (Phi) is 19.3. The van der Waals surface area contributed by atoms with Gasteiger partial charge in [-0.15, -0.1) is 0 Å². The van der Waals surface area contributed by atoms with Crippen LogP contribution in [-0.2, 0) is 0 Å². The van der Waals surface area contributed by atoms with Crippen LogP contribution in [-0.4, -0.2) is 48.9 Å². The molecule has 0 saturated heterocycles. The molecule has 0 radical (unpaired) electrons. The molecule has 3 heterocycles. The molecule has 2 aliphatic heterocycles. The van der Waals surface area contributed by atoms with Crippen molar-refractivity contribution in [3.63, 3.8) is 0 Å². The quantitative estimate of drug-likeness (QED) is 0.137. The predicted octanol–water partition coefficient (Wildman–Crippen LogP) is 14.6. The van der Waals surface area contributed by atoms with Gasteiger partial charge in [0.15, 0.2) is 0 Å². The van der Waals surface area contributed by atoms with Crippen LogP contribution >= 0.6 is 0 Å². The fourth-order valence-corrected chi connectivity index (χ4v) is 8.89. The van der Waals surface area contributed by atoms with E-state index in [-0.39, 0.29) is 11.8 Å². The van der Waals surface area contributed by atoms with Crippen LogP contribution in [0.4, 0.5) is 0 Å².